The van der Waals surface area contributed by atoms with Gasteiger partial charge in [-0.15, -0.1) is 23.1 Å². The summed E-state index contributed by atoms with van der Waals surface area (Å²) in [6.07, 6.45) is 5.73. The molecule has 0 saturated carbocycles. The van der Waals surface area contributed by atoms with Crippen LogP contribution in [-0.4, -0.2) is 39.8 Å². The van der Waals surface area contributed by atoms with Crippen molar-refractivity contribution in [1.82, 2.24) is 14.9 Å². The number of aromatic amines is 1. The van der Waals surface area contributed by atoms with Crippen LogP contribution in [0.25, 0.3) is 10.2 Å². The number of thiophene rings is 1. The van der Waals surface area contributed by atoms with Gasteiger partial charge >= 0.3 is 0 Å². The molecule has 1 aliphatic carbocycles. The summed E-state index contributed by atoms with van der Waals surface area (Å²) in [4.78, 5) is 37.7. The highest BCUT2D eigenvalue weighted by atomic mass is 32.2. The summed E-state index contributed by atoms with van der Waals surface area (Å²) in [5, 5.41) is 0.795. The maximum atomic E-state index is 12.5. The van der Waals surface area contributed by atoms with Gasteiger partial charge in [-0.25, -0.2) is 4.98 Å². The third-order valence-electron chi connectivity index (χ3n) is 5.33. The molecule has 1 aliphatic rings. The smallest absolute Gasteiger partial charge is 0.259 e. The summed E-state index contributed by atoms with van der Waals surface area (Å²) < 4.78 is 0. The number of fused-ring (bicyclic) bond motifs is 3. The van der Waals surface area contributed by atoms with E-state index in [9.17, 15) is 9.59 Å². The molecular formula is C22H25N3O2S3. The normalized spacial score (nSPS) is 13.0. The Balaban J connectivity index is 1.27. The number of amides is 1. The van der Waals surface area contributed by atoms with E-state index in [2.05, 4.69) is 40.5 Å². The first kappa shape index (κ1) is 21.5. The van der Waals surface area contributed by atoms with Gasteiger partial charge in [0.2, 0.25) is 5.91 Å². The van der Waals surface area contributed by atoms with Crippen LogP contribution in [0.3, 0.4) is 0 Å². The number of nitrogens with one attached hydrogen (secondary N) is 1. The van der Waals surface area contributed by atoms with Gasteiger partial charge < -0.3 is 9.88 Å². The van der Waals surface area contributed by atoms with Crippen molar-refractivity contribution in [2.45, 2.75) is 42.9 Å². The van der Waals surface area contributed by atoms with E-state index >= 15 is 0 Å². The fourth-order valence-corrected chi connectivity index (χ4v) is 6.21. The summed E-state index contributed by atoms with van der Waals surface area (Å²) >= 11 is 5.01. The number of hydrogen-bond acceptors (Lipinski definition) is 6. The Morgan fingerprint density at radius 3 is 2.83 bits per heavy atom. The second kappa shape index (κ2) is 9.58. The minimum absolute atomic E-state index is 0.0155. The Kier molecular flexibility index (Phi) is 6.85. The van der Waals surface area contributed by atoms with Crippen molar-refractivity contribution < 1.29 is 4.79 Å². The highest BCUT2D eigenvalue weighted by Gasteiger charge is 2.21. The van der Waals surface area contributed by atoms with Gasteiger partial charge in [-0.05, 0) is 48.8 Å². The number of rotatable bonds is 8. The Bertz CT molecular complexity index is 1110. The van der Waals surface area contributed by atoms with Gasteiger partial charge in [-0.1, -0.05) is 12.1 Å². The van der Waals surface area contributed by atoms with Crippen LogP contribution in [0, 0.1) is 0 Å². The lowest BCUT2D eigenvalue weighted by Gasteiger charge is -2.17. The lowest BCUT2D eigenvalue weighted by atomic mass is 10.2. The number of hydrogen-bond donors (Lipinski definition) is 1. The van der Waals surface area contributed by atoms with Crippen LogP contribution in [0.4, 0.5) is 0 Å². The molecule has 0 bridgehead atoms. The largest absolute Gasteiger partial charge is 0.341 e. The Hall–Kier alpha value is -1.77. The van der Waals surface area contributed by atoms with Crippen molar-refractivity contribution in [2.24, 2.45) is 0 Å². The second-order valence-electron chi connectivity index (χ2n) is 7.45. The quantitative estimate of drug-likeness (QED) is 0.397. The Morgan fingerprint density at radius 1 is 1.27 bits per heavy atom. The highest BCUT2D eigenvalue weighted by molar-refractivity contribution is 7.98. The minimum Gasteiger partial charge on any atom is -0.341 e. The average molecular weight is 460 g/mol. The van der Waals surface area contributed by atoms with Crippen molar-refractivity contribution in [3.8, 4) is 0 Å². The molecule has 8 heteroatoms. The molecule has 5 nitrogen and oxygen atoms in total. The monoisotopic (exact) mass is 459 g/mol. The van der Waals surface area contributed by atoms with E-state index in [-0.39, 0.29) is 11.5 Å². The lowest BCUT2D eigenvalue weighted by Crippen LogP contribution is -2.26. The third kappa shape index (κ3) is 4.76. The Labute approximate surface area is 188 Å². The molecule has 158 valence electrons. The summed E-state index contributed by atoms with van der Waals surface area (Å²) in [5.41, 5.74) is 2.33. The molecule has 30 heavy (non-hydrogen) atoms. The van der Waals surface area contributed by atoms with Gasteiger partial charge in [0.05, 0.1) is 11.1 Å². The third-order valence-corrected chi connectivity index (χ3v) is 8.23. The first-order valence-electron chi connectivity index (χ1n) is 10.0. The predicted octanol–water partition coefficient (Wildman–Crippen LogP) is 4.48. The van der Waals surface area contributed by atoms with Crippen molar-refractivity contribution >= 4 is 51.0 Å². The molecule has 3 aromatic rings. The molecule has 2 heterocycles. The first-order valence-corrected chi connectivity index (χ1v) is 13.2. The summed E-state index contributed by atoms with van der Waals surface area (Å²) in [5.74, 6) is 2.15. The number of carbonyl (C=O) groups is 1. The number of thioether (sulfide) groups is 2. The number of benzene rings is 1. The molecular weight excluding hydrogens is 434 g/mol. The number of aromatic nitrogens is 2. The zero-order chi connectivity index (χ0) is 21.1. The number of nitrogens with zero attached hydrogens (tertiary/aromatic N) is 2. The second-order valence-corrected chi connectivity index (χ2v) is 10.5. The van der Waals surface area contributed by atoms with Crippen LogP contribution < -0.4 is 5.56 Å². The topological polar surface area (TPSA) is 66.1 Å². The molecule has 0 unspecified atom stereocenters. The van der Waals surface area contributed by atoms with Gasteiger partial charge in [-0.3, -0.25) is 9.59 Å². The standard InChI is InChI=1S/C22H25N3O2S3/c1-25(12-14-6-8-15(28-2)9-7-14)19(26)10-11-29-13-18-23-21(27)20-16-4-3-5-17(16)30-22(20)24-18/h6-9H,3-5,10-13H2,1-2H3,(H,23,24,27). The van der Waals surface area contributed by atoms with Crippen molar-refractivity contribution in [1.29, 1.82) is 0 Å². The van der Waals surface area contributed by atoms with Crippen molar-refractivity contribution in [3.63, 3.8) is 0 Å². The van der Waals surface area contributed by atoms with Gasteiger partial charge in [0.15, 0.2) is 0 Å². The number of carbonyl (C=O) groups excluding carboxylic acids is 1. The predicted molar refractivity (Wildman–Crippen MR) is 128 cm³/mol. The van der Waals surface area contributed by atoms with E-state index < -0.39 is 0 Å². The van der Waals surface area contributed by atoms with Crippen LogP contribution in [0.5, 0.6) is 0 Å². The van der Waals surface area contributed by atoms with E-state index in [4.69, 9.17) is 0 Å². The minimum atomic E-state index is -0.0155. The zero-order valence-corrected chi connectivity index (χ0v) is 19.6. The van der Waals surface area contributed by atoms with Gasteiger partial charge in [-0.2, -0.15) is 11.8 Å². The van der Waals surface area contributed by atoms with Crippen LogP contribution >= 0.6 is 34.9 Å². The maximum Gasteiger partial charge on any atom is 0.259 e. The van der Waals surface area contributed by atoms with Crippen molar-refractivity contribution in [3.05, 3.63) is 56.4 Å². The fraction of sp³-hybridized carbons (Fsp3) is 0.409. The van der Waals surface area contributed by atoms with E-state index in [1.165, 1.54) is 15.3 Å². The molecule has 0 radical (unpaired) electrons. The SMILES string of the molecule is CSc1ccc(CN(C)C(=O)CCSCc2nc3sc4c(c3c(=O)[nH]2)CCC4)cc1. The molecule has 2 aromatic heterocycles. The van der Waals surface area contributed by atoms with E-state index in [1.54, 1.807) is 39.8 Å². The summed E-state index contributed by atoms with van der Waals surface area (Å²) in [6, 6.07) is 8.31. The van der Waals surface area contributed by atoms with Crippen LogP contribution in [-0.2, 0) is 29.9 Å². The molecule has 0 aliphatic heterocycles. The summed E-state index contributed by atoms with van der Waals surface area (Å²) in [7, 11) is 1.85. The molecule has 4 rings (SSSR count). The Morgan fingerprint density at radius 2 is 2.07 bits per heavy atom. The molecule has 1 N–H and O–H groups in total. The number of H-pyrrole nitrogens is 1. The van der Waals surface area contributed by atoms with E-state index in [1.807, 2.05) is 7.05 Å². The van der Waals surface area contributed by atoms with Gasteiger partial charge in [0, 0.05) is 35.5 Å². The highest BCUT2D eigenvalue weighted by Crippen LogP contribution is 2.34. The lowest BCUT2D eigenvalue weighted by molar-refractivity contribution is -0.129. The molecule has 1 amide bonds. The van der Waals surface area contributed by atoms with Crippen molar-refractivity contribution in [2.75, 3.05) is 19.1 Å². The fourth-order valence-electron chi connectivity index (χ4n) is 3.73. The van der Waals surface area contributed by atoms with E-state index in [0.717, 1.165) is 35.0 Å². The molecule has 0 atom stereocenters. The molecule has 0 fully saturated rings. The first-order chi connectivity index (χ1) is 14.5. The van der Waals surface area contributed by atoms with E-state index in [0.29, 0.717) is 30.3 Å². The van der Waals surface area contributed by atoms with Crippen LogP contribution in [0.2, 0.25) is 0 Å². The average Bonchev–Trinajstić information content (AvgIpc) is 3.32. The zero-order valence-electron chi connectivity index (χ0n) is 17.2. The van der Waals surface area contributed by atoms with Crippen LogP contribution in [0.15, 0.2) is 34.0 Å². The molecule has 0 spiro atoms. The molecule has 0 saturated heterocycles. The summed E-state index contributed by atoms with van der Waals surface area (Å²) in [6.45, 7) is 0.618. The molecule has 1 aromatic carbocycles. The van der Waals surface area contributed by atoms with Gasteiger partial charge in [0.25, 0.3) is 5.56 Å². The van der Waals surface area contributed by atoms with Gasteiger partial charge in [0.1, 0.15) is 10.7 Å². The van der Waals surface area contributed by atoms with Crippen LogP contribution in [0.1, 0.15) is 34.7 Å². The number of aryl methyl sites for hydroxylation is 2. The maximum absolute atomic E-state index is 12.5.